The lowest BCUT2D eigenvalue weighted by molar-refractivity contribution is -0.132. The van der Waals surface area contributed by atoms with Crippen LogP contribution in [0, 0.1) is 0 Å². The molecule has 2 aliphatic rings. The summed E-state index contributed by atoms with van der Waals surface area (Å²) in [5.74, 6) is -0.101. The van der Waals surface area contributed by atoms with Crippen molar-refractivity contribution >= 4 is 23.4 Å². The molecule has 1 atom stereocenters. The van der Waals surface area contributed by atoms with Crippen LogP contribution in [0.1, 0.15) is 49.1 Å². The standard InChI is InChI=1S/C23H30ClN5O2/c1-2-3-4-5-19-15-28(16-22(30)27-12-10-25-11-13-27)23(31)21-14-20(26-29(19)21)17-6-8-18(24)9-7-17/h6-9,14,19,25H,2-5,10-13,15-16H2,1H3. The normalized spacial score (nSPS) is 18.9. The number of amides is 2. The first-order valence-electron chi connectivity index (χ1n) is 11.2. The van der Waals surface area contributed by atoms with E-state index in [1.165, 1.54) is 0 Å². The van der Waals surface area contributed by atoms with E-state index in [-0.39, 0.29) is 24.4 Å². The second-order valence-corrected chi connectivity index (χ2v) is 8.77. The van der Waals surface area contributed by atoms with Crippen LogP contribution >= 0.6 is 11.6 Å². The number of aromatic nitrogens is 2. The molecule has 0 bridgehead atoms. The first kappa shape index (κ1) is 21.8. The summed E-state index contributed by atoms with van der Waals surface area (Å²) in [6, 6.07) is 9.41. The quantitative estimate of drug-likeness (QED) is 0.667. The zero-order chi connectivity index (χ0) is 21.8. The SMILES string of the molecule is CCCCCC1CN(CC(=O)N2CCNCC2)C(=O)c2cc(-c3ccc(Cl)cc3)nn21. The Balaban J connectivity index is 1.57. The Bertz CT molecular complexity index is 921. The van der Waals surface area contributed by atoms with Gasteiger partial charge in [-0.1, -0.05) is 49.9 Å². The summed E-state index contributed by atoms with van der Waals surface area (Å²) >= 11 is 6.02. The molecule has 2 aromatic rings. The maximum Gasteiger partial charge on any atom is 0.272 e. The number of rotatable bonds is 7. The van der Waals surface area contributed by atoms with Gasteiger partial charge in [0.1, 0.15) is 12.2 Å². The van der Waals surface area contributed by atoms with Gasteiger partial charge in [0.2, 0.25) is 5.91 Å². The van der Waals surface area contributed by atoms with Crippen molar-refractivity contribution in [1.82, 2.24) is 24.9 Å². The summed E-state index contributed by atoms with van der Waals surface area (Å²) in [7, 11) is 0. The molecule has 1 N–H and O–H groups in total. The van der Waals surface area contributed by atoms with Crippen LogP contribution in [0.25, 0.3) is 11.3 Å². The van der Waals surface area contributed by atoms with Crippen LogP contribution in [-0.2, 0) is 4.79 Å². The van der Waals surface area contributed by atoms with Crippen molar-refractivity contribution in [2.45, 2.75) is 38.6 Å². The molecule has 1 aromatic heterocycles. The first-order valence-corrected chi connectivity index (χ1v) is 11.6. The van der Waals surface area contributed by atoms with Crippen molar-refractivity contribution in [3.63, 3.8) is 0 Å². The highest BCUT2D eigenvalue weighted by molar-refractivity contribution is 6.30. The van der Waals surface area contributed by atoms with E-state index in [4.69, 9.17) is 16.7 Å². The molecule has 2 amide bonds. The Morgan fingerprint density at radius 1 is 1.19 bits per heavy atom. The van der Waals surface area contributed by atoms with Crippen LogP contribution in [0.15, 0.2) is 30.3 Å². The summed E-state index contributed by atoms with van der Waals surface area (Å²) in [6.45, 7) is 5.83. The van der Waals surface area contributed by atoms with Gasteiger partial charge in [0.25, 0.3) is 5.91 Å². The number of fused-ring (bicyclic) bond motifs is 1. The van der Waals surface area contributed by atoms with Gasteiger partial charge in [0.05, 0.1) is 11.7 Å². The van der Waals surface area contributed by atoms with Crippen molar-refractivity contribution in [3.05, 3.63) is 41.0 Å². The minimum Gasteiger partial charge on any atom is -0.339 e. The topological polar surface area (TPSA) is 70.5 Å². The van der Waals surface area contributed by atoms with Crippen LogP contribution in [0.5, 0.6) is 0 Å². The third-order valence-electron chi connectivity index (χ3n) is 6.10. The second-order valence-electron chi connectivity index (χ2n) is 8.33. The molecule has 1 fully saturated rings. The highest BCUT2D eigenvalue weighted by Crippen LogP contribution is 2.30. The zero-order valence-corrected chi connectivity index (χ0v) is 18.8. The van der Waals surface area contributed by atoms with E-state index in [1.807, 2.05) is 39.9 Å². The van der Waals surface area contributed by atoms with Gasteiger partial charge < -0.3 is 15.1 Å². The van der Waals surface area contributed by atoms with Gasteiger partial charge in [0, 0.05) is 43.3 Å². The Morgan fingerprint density at radius 2 is 1.94 bits per heavy atom. The Morgan fingerprint density at radius 3 is 2.65 bits per heavy atom. The molecule has 1 unspecified atom stereocenters. The molecule has 31 heavy (non-hydrogen) atoms. The predicted molar refractivity (Wildman–Crippen MR) is 121 cm³/mol. The van der Waals surface area contributed by atoms with E-state index >= 15 is 0 Å². The van der Waals surface area contributed by atoms with Gasteiger partial charge in [-0.05, 0) is 24.6 Å². The molecule has 8 heteroatoms. The van der Waals surface area contributed by atoms with Gasteiger partial charge in [-0.15, -0.1) is 0 Å². The average molecular weight is 444 g/mol. The first-order chi connectivity index (χ1) is 15.1. The Labute approximate surface area is 188 Å². The Kier molecular flexibility index (Phi) is 6.92. The van der Waals surface area contributed by atoms with Crippen molar-refractivity contribution in [1.29, 1.82) is 0 Å². The number of benzene rings is 1. The van der Waals surface area contributed by atoms with Crippen LogP contribution in [0.3, 0.4) is 0 Å². The smallest absolute Gasteiger partial charge is 0.272 e. The fraction of sp³-hybridized carbons (Fsp3) is 0.522. The summed E-state index contributed by atoms with van der Waals surface area (Å²) in [6.07, 6.45) is 4.29. The van der Waals surface area contributed by atoms with Crippen LogP contribution < -0.4 is 5.32 Å². The van der Waals surface area contributed by atoms with Crippen LogP contribution in [0.2, 0.25) is 5.02 Å². The molecule has 0 aliphatic carbocycles. The number of piperazine rings is 1. The molecule has 3 heterocycles. The van der Waals surface area contributed by atoms with Gasteiger partial charge in [-0.3, -0.25) is 14.3 Å². The van der Waals surface area contributed by atoms with E-state index in [2.05, 4.69) is 12.2 Å². The maximum atomic E-state index is 13.3. The maximum absolute atomic E-state index is 13.3. The molecular weight excluding hydrogens is 414 g/mol. The number of carbonyl (C=O) groups is 2. The molecule has 1 saturated heterocycles. The van der Waals surface area contributed by atoms with Gasteiger partial charge >= 0.3 is 0 Å². The zero-order valence-electron chi connectivity index (χ0n) is 18.0. The lowest BCUT2D eigenvalue weighted by atomic mass is 10.0. The largest absolute Gasteiger partial charge is 0.339 e. The van der Waals surface area contributed by atoms with Crippen molar-refractivity contribution in [3.8, 4) is 11.3 Å². The third-order valence-corrected chi connectivity index (χ3v) is 6.35. The van der Waals surface area contributed by atoms with Crippen molar-refractivity contribution < 1.29 is 9.59 Å². The van der Waals surface area contributed by atoms with Crippen molar-refractivity contribution in [2.75, 3.05) is 39.3 Å². The molecule has 7 nitrogen and oxygen atoms in total. The second kappa shape index (κ2) is 9.83. The fourth-order valence-corrected chi connectivity index (χ4v) is 4.45. The minimum absolute atomic E-state index is 0.0213. The molecular formula is C23H30ClN5O2. The number of hydrogen-bond acceptors (Lipinski definition) is 4. The summed E-state index contributed by atoms with van der Waals surface area (Å²) in [4.78, 5) is 29.6. The summed E-state index contributed by atoms with van der Waals surface area (Å²) in [5.41, 5.74) is 2.25. The number of nitrogens with one attached hydrogen (secondary N) is 1. The monoisotopic (exact) mass is 443 g/mol. The fourth-order valence-electron chi connectivity index (χ4n) is 4.33. The van der Waals surface area contributed by atoms with Crippen LogP contribution in [-0.4, -0.2) is 70.7 Å². The average Bonchev–Trinajstić information content (AvgIpc) is 3.24. The van der Waals surface area contributed by atoms with E-state index in [0.29, 0.717) is 30.4 Å². The van der Waals surface area contributed by atoms with E-state index < -0.39 is 0 Å². The number of halogens is 1. The van der Waals surface area contributed by atoms with Crippen molar-refractivity contribution in [2.24, 2.45) is 0 Å². The summed E-state index contributed by atoms with van der Waals surface area (Å²) in [5, 5.41) is 8.71. The molecule has 4 rings (SSSR count). The van der Waals surface area contributed by atoms with Gasteiger partial charge in [-0.2, -0.15) is 5.10 Å². The minimum atomic E-state index is -0.122. The van der Waals surface area contributed by atoms with E-state index in [9.17, 15) is 9.59 Å². The molecule has 1 aromatic carbocycles. The lowest BCUT2D eigenvalue weighted by Crippen LogP contribution is -2.52. The molecule has 2 aliphatic heterocycles. The summed E-state index contributed by atoms with van der Waals surface area (Å²) < 4.78 is 1.88. The van der Waals surface area contributed by atoms with Gasteiger partial charge in [-0.25, -0.2) is 0 Å². The van der Waals surface area contributed by atoms with Gasteiger partial charge in [0.15, 0.2) is 0 Å². The Hall–Kier alpha value is -2.38. The number of carbonyl (C=O) groups excluding carboxylic acids is 2. The van der Waals surface area contributed by atoms with E-state index in [0.717, 1.165) is 50.0 Å². The predicted octanol–water partition coefficient (Wildman–Crippen LogP) is 3.21. The highest BCUT2D eigenvalue weighted by Gasteiger charge is 2.34. The molecule has 0 radical (unpaired) electrons. The molecule has 0 spiro atoms. The lowest BCUT2D eigenvalue weighted by Gasteiger charge is -2.35. The van der Waals surface area contributed by atoms with E-state index in [1.54, 1.807) is 4.90 Å². The number of nitrogens with zero attached hydrogens (tertiary/aromatic N) is 4. The molecule has 166 valence electrons. The van der Waals surface area contributed by atoms with Crippen LogP contribution in [0.4, 0.5) is 0 Å². The highest BCUT2D eigenvalue weighted by atomic mass is 35.5. The number of unbranched alkanes of at least 4 members (excludes halogenated alkanes) is 2. The molecule has 0 saturated carbocycles. The number of hydrogen-bond donors (Lipinski definition) is 1. The third kappa shape index (κ3) is 4.93.